The second-order valence-electron chi connectivity index (χ2n) is 5.08. The van der Waals surface area contributed by atoms with Gasteiger partial charge in [0.2, 0.25) is 5.91 Å². The fraction of sp³-hybridized carbons (Fsp3) is 0.909. The van der Waals surface area contributed by atoms with Crippen LogP contribution in [0.1, 0.15) is 40.5 Å². The van der Waals surface area contributed by atoms with Crippen molar-refractivity contribution in [1.82, 2.24) is 5.32 Å². The third-order valence-electron chi connectivity index (χ3n) is 2.27. The van der Waals surface area contributed by atoms with E-state index in [9.17, 15) is 4.79 Å². The Labute approximate surface area is 87.4 Å². The summed E-state index contributed by atoms with van der Waals surface area (Å²) in [7, 11) is 0. The van der Waals surface area contributed by atoms with Crippen molar-refractivity contribution in [2.45, 2.75) is 40.5 Å². The van der Waals surface area contributed by atoms with Gasteiger partial charge in [-0.15, -0.1) is 0 Å². The normalized spacial score (nSPS) is 11.9. The molecule has 3 heteroatoms. The van der Waals surface area contributed by atoms with Crippen LogP contribution in [-0.4, -0.2) is 19.0 Å². The molecule has 0 rings (SSSR count). The Balaban J connectivity index is 3.64. The van der Waals surface area contributed by atoms with Crippen LogP contribution in [0.15, 0.2) is 0 Å². The minimum atomic E-state index is 0.00743. The van der Waals surface area contributed by atoms with E-state index in [0.29, 0.717) is 25.4 Å². The summed E-state index contributed by atoms with van der Waals surface area (Å²) in [6.45, 7) is 9.61. The number of amides is 1. The lowest BCUT2D eigenvalue weighted by atomic mass is 9.94. The van der Waals surface area contributed by atoms with Gasteiger partial charge in [-0.05, 0) is 24.3 Å². The zero-order chi connectivity index (χ0) is 11.2. The molecule has 0 radical (unpaired) electrons. The molecule has 3 N–H and O–H groups in total. The maximum absolute atomic E-state index is 11.4. The number of hydrogen-bond donors (Lipinski definition) is 2. The first kappa shape index (κ1) is 13.4. The molecule has 0 aromatic heterocycles. The third kappa shape index (κ3) is 6.89. The highest BCUT2D eigenvalue weighted by molar-refractivity contribution is 5.75. The van der Waals surface area contributed by atoms with E-state index in [1.165, 1.54) is 0 Å². The maximum Gasteiger partial charge on any atom is 0.220 e. The highest BCUT2D eigenvalue weighted by Gasteiger charge is 2.16. The molecule has 0 aliphatic carbocycles. The van der Waals surface area contributed by atoms with Gasteiger partial charge in [-0.25, -0.2) is 0 Å². The van der Waals surface area contributed by atoms with Gasteiger partial charge in [0.25, 0.3) is 0 Å². The quantitative estimate of drug-likeness (QED) is 0.683. The molecule has 1 amide bonds. The molecule has 84 valence electrons. The minimum absolute atomic E-state index is 0.00743. The average Bonchev–Trinajstić information content (AvgIpc) is 2.11. The first-order valence-corrected chi connectivity index (χ1v) is 5.34. The standard InChI is InChI=1S/C11H24N2O/c1-9(2)5-6-10(14)13-8-11(3,4)7-12/h9H,5-8,12H2,1-4H3,(H,13,14). The van der Waals surface area contributed by atoms with Crippen LogP contribution >= 0.6 is 0 Å². The monoisotopic (exact) mass is 200 g/mol. The number of carbonyl (C=O) groups is 1. The van der Waals surface area contributed by atoms with E-state index in [4.69, 9.17) is 5.73 Å². The fourth-order valence-electron chi connectivity index (χ4n) is 0.918. The SMILES string of the molecule is CC(C)CCC(=O)NCC(C)(C)CN. The molecule has 0 bridgehead atoms. The van der Waals surface area contributed by atoms with Crippen LogP contribution in [0, 0.1) is 11.3 Å². The number of rotatable bonds is 6. The molecule has 0 aliphatic rings. The Kier molecular flexibility index (Phi) is 5.77. The first-order valence-electron chi connectivity index (χ1n) is 5.34. The van der Waals surface area contributed by atoms with Gasteiger partial charge in [0, 0.05) is 13.0 Å². The molecule has 0 heterocycles. The van der Waals surface area contributed by atoms with E-state index >= 15 is 0 Å². The summed E-state index contributed by atoms with van der Waals surface area (Å²) < 4.78 is 0. The van der Waals surface area contributed by atoms with Gasteiger partial charge >= 0.3 is 0 Å². The van der Waals surface area contributed by atoms with Crippen molar-refractivity contribution in [3.63, 3.8) is 0 Å². The molecule has 0 spiro atoms. The lowest BCUT2D eigenvalue weighted by Crippen LogP contribution is -2.38. The van der Waals surface area contributed by atoms with Gasteiger partial charge < -0.3 is 11.1 Å². The second-order valence-corrected chi connectivity index (χ2v) is 5.08. The first-order chi connectivity index (χ1) is 6.37. The predicted octanol–water partition coefficient (Wildman–Crippen LogP) is 1.52. The second kappa shape index (κ2) is 6.02. The highest BCUT2D eigenvalue weighted by Crippen LogP contribution is 2.10. The summed E-state index contributed by atoms with van der Waals surface area (Å²) >= 11 is 0. The molecule has 0 aromatic rings. The van der Waals surface area contributed by atoms with Crippen LogP contribution in [0.3, 0.4) is 0 Å². The summed E-state index contributed by atoms with van der Waals surface area (Å²) in [5.74, 6) is 0.725. The Hall–Kier alpha value is -0.570. The summed E-state index contributed by atoms with van der Waals surface area (Å²) in [4.78, 5) is 11.4. The van der Waals surface area contributed by atoms with Gasteiger partial charge in [-0.3, -0.25) is 4.79 Å². The van der Waals surface area contributed by atoms with Gasteiger partial charge in [-0.1, -0.05) is 27.7 Å². The smallest absolute Gasteiger partial charge is 0.220 e. The number of nitrogens with two attached hydrogens (primary N) is 1. The van der Waals surface area contributed by atoms with Gasteiger partial charge in [0.1, 0.15) is 0 Å². The Bertz CT molecular complexity index is 176. The zero-order valence-corrected chi connectivity index (χ0v) is 9.89. The number of carbonyl (C=O) groups excluding carboxylic acids is 1. The summed E-state index contributed by atoms with van der Waals surface area (Å²) in [6, 6.07) is 0. The molecule has 0 fully saturated rings. The van der Waals surface area contributed by atoms with E-state index in [2.05, 4.69) is 33.0 Å². The van der Waals surface area contributed by atoms with Crippen molar-refractivity contribution < 1.29 is 4.79 Å². The van der Waals surface area contributed by atoms with Crippen LogP contribution in [0.2, 0.25) is 0 Å². The Morgan fingerprint density at radius 1 is 1.43 bits per heavy atom. The van der Waals surface area contributed by atoms with Crippen molar-refractivity contribution >= 4 is 5.91 Å². The molecule has 0 saturated carbocycles. The molecule has 3 nitrogen and oxygen atoms in total. The largest absolute Gasteiger partial charge is 0.356 e. The van der Waals surface area contributed by atoms with Crippen molar-refractivity contribution in [3.05, 3.63) is 0 Å². The van der Waals surface area contributed by atoms with Crippen molar-refractivity contribution in [2.24, 2.45) is 17.1 Å². The molecule has 0 unspecified atom stereocenters. The van der Waals surface area contributed by atoms with E-state index in [1.807, 2.05) is 0 Å². The zero-order valence-electron chi connectivity index (χ0n) is 9.89. The number of nitrogens with one attached hydrogen (secondary N) is 1. The molecule has 14 heavy (non-hydrogen) atoms. The van der Waals surface area contributed by atoms with Crippen LogP contribution in [0.25, 0.3) is 0 Å². The van der Waals surface area contributed by atoms with Gasteiger partial charge in [-0.2, -0.15) is 0 Å². The van der Waals surface area contributed by atoms with Crippen LogP contribution < -0.4 is 11.1 Å². The van der Waals surface area contributed by atoms with Crippen LogP contribution in [-0.2, 0) is 4.79 Å². The van der Waals surface area contributed by atoms with Gasteiger partial charge in [0.05, 0.1) is 0 Å². The molecular weight excluding hydrogens is 176 g/mol. The summed E-state index contributed by atoms with van der Waals surface area (Å²) in [5, 5.41) is 2.91. The lowest BCUT2D eigenvalue weighted by Gasteiger charge is -2.22. The molecule has 0 aromatic carbocycles. The third-order valence-corrected chi connectivity index (χ3v) is 2.27. The number of hydrogen-bond acceptors (Lipinski definition) is 2. The average molecular weight is 200 g/mol. The van der Waals surface area contributed by atoms with Crippen LogP contribution in [0.4, 0.5) is 0 Å². The topological polar surface area (TPSA) is 55.1 Å². The fourth-order valence-corrected chi connectivity index (χ4v) is 0.918. The Morgan fingerprint density at radius 3 is 2.43 bits per heavy atom. The van der Waals surface area contributed by atoms with Crippen molar-refractivity contribution in [2.75, 3.05) is 13.1 Å². The molecule has 0 aliphatic heterocycles. The molecular formula is C11H24N2O. The maximum atomic E-state index is 11.4. The van der Waals surface area contributed by atoms with E-state index < -0.39 is 0 Å². The summed E-state index contributed by atoms with van der Waals surface area (Å²) in [6.07, 6.45) is 1.58. The van der Waals surface area contributed by atoms with Crippen LogP contribution in [0.5, 0.6) is 0 Å². The lowest BCUT2D eigenvalue weighted by molar-refractivity contribution is -0.121. The molecule has 0 atom stereocenters. The molecule has 0 saturated heterocycles. The van der Waals surface area contributed by atoms with E-state index in [1.54, 1.807) is 0 Å². The van der Waals surface area contributed by atoms with E-state index in [0.717, 1.165) is 6.42 Å². The van der Waals surface area contributed by atoms with Gasteiger partial charge in [0.15, 0.2) is 0 Å². The minimum Gasteiger partial charge on any atom is -0.356 e. The van der Waals surface area contributed by atoms with E-state index in [-0.39, 0.29) is 11.3 Å². The Morgan fingerprint density at radius 2 is 2.00 bits per heavy atom. The van der Waals surface area contributed by atoms with Crippen molar-refractivity contribution in [1.29, 1.82) is 0 Å². The highest BCUT2D eigenvalue weighted by atomic mass is 16.1. The van der Waals surface area contributed by atoms with Crippen molar-refractivity contribution in [3.8, 4) is 0 Å². The summed E-state index contributed by atoms with van der Waals surface area (Å²) in [5.41, 5.74) is 5.57. The predicted molar refractivity (Wildman–Crippen MR) is 59.9 cm³/mol.